The lowest BCUT2D eigenvalue weighted by Gasteiger charge is -2.32. The zero-order valence-electron chi connectivity index (χ0n) is 15.9. The molecule has 0 spiro atoms. The summed E-state index contributed by atoms with van der Waals surface area (Å²) in [7, 11) is 3.15. The number of methoxy groups -OCH3 is 2. The maximum absolute atomic E-state index is 12.3. The van der Waals surface area contributed by atoms with Gasteiger partial charge in [-0.3, -0.25) is 4.79 Å². The van der Waals surface area contributed by atoms with Gasteiger partial charge in [-0.15, -0.1) is 0 Å². The van der Waals surface area contributed by atoms with Gasteiger partial charge >= 0.3 is 6.03 Å². The van der Waals surface area contributed by atoms with Crippen molar-refractivity contribution in [2.24, 2.45) is 5.92 Å². The number of likely N-dealkylation sites (tertiary alicyclic amines) is 1. The normalized spacial score (nSPS) is 16.7. The Balaban J connectivity index is 1.79. The third-order valence-electron chi connectivity index (χ3n) is 4.60. The highest BCUT2D eigenvalue weighted by Crippen LogP contribution is 2.28. The molecular formula is C19H28ClN3O4. The number of hydrogen-bond acceptors (Lipinski definition) is 4. The molecule has 1 saturated heterocycles. The number of nitrogens with one attached hydrogen (secondary N) is 2. The molecule has 7 nitrogen and oxygen atoms in total. The predicted molar refractivity (Wildman–Crippen MR) is 105 cm³/mol. The number of benzene rings is 1. The Hall–Kier alpha value is -1.99. The van der Waals surface area contributed by atoms with E-state index in [9.17, 15) is 9.59 Å². The topological polar surface area (TPSA) is 79.9 Å². The van der Waals surface area contributed by atoms with E-state index in [4.69, 9.17) is 21.1 Å². The van der Waals surface area contributed by atoms with Crippen LogP contribution in [-0.4, -0.2) is 57.3 Å². The van der Waals surface area contributed by atoms with Gasteiger partial charge in [0.1, 0.15) is 5.75 Å². The highest BCUT2D eigenvalue weighted by molar-refractivity contribution is 6.31. The van der Waals surface area contributed by atoms with Gasteiger partial charge in [-0.05, 0) is 43.4 Å². The van der Waals surface area contributed by atoms with Crippen LogP contribution in [0.3, 0.4) is 0 Å². The second-order valence-corrected chi connectivity index (χ2v) is 7.05. The van der Waals surface area contributed by atoms with Crippen molar-refractivity contribution in [2.75, 3.05) is 45.8 Å². The largest absolute Gasteiger partial charge is 0.495 e. The minimum atomic E-state index is -0.0859. The fourth-order valence-corrected chi connectivity index (χ4v) is 3.35. The Morgan fingerprint density at radius 1 is 1.33 bits per heavy atom. The van der Waals surface area contributed by atoms with Crippen LogP contribution < -0.4 is 15.4 Å². The summed E-state index contributed by atoms with van der Waals surface area (Å²) in [4.78, 5) is 26.3. The molecule has 0 unspecified atom stereocenters. The summed E-state index contributed by atoms with van der Waals surface area (Å²) in [5.41, 5.74) is 0.567. The third kappa shape index (κ3) is 6.92. The van der Waals surface area contributed by atoms with Crippen molar-refractivity contribution in [3.8, 4) is 5.75 Å². The van der Waals surface area contributed by atoms with Gasteiger partial charge in [0, 0.05) is 38.2 Å². The molecule has 1 atom stereocenters. The number of carbonyl (C=O) groups excluding carboxylic acids is 2. The standard InChI is InChI=1S/C19H28ClN3O4/c1-26-11-9-21-19(25)23-10-3-4-14(13-23)5-8-18(24)22-16-12-15(20)6-7-17(16)27-2/h6-7,12,14H,3-5,8-11,13H2,1-2H3,(H,21,25)(H,22,24)/t14-/m0/s1. The fourth-order valence-electron chi connectivity index (χ4n) is 3.18. The fraction of sp³-hybridized carbons (Fsp3) is 0.579. The Kier molecular flexibility index (Phi) is 8.67. The number of ether oxygens (including phenoxy) is 2. The number of amides is 3. The van der Waals surface area contributed by atoms with Crippen LogP contribution in [0.2, 0.25) is 5.02 Å². The predicted octanol–water partition coefficient (Wildman–Crippen LogP) is 3.14. The van der Waals surface area contributed by atoms with Crippen LogP contribution in [0.1, 0.15) is 25.7 Å². The van der Waals surface area contributed by atoms with Gasteiger partial charge in [0.2, 0.25) is 5.91 Å². The molecule has 0 aromatic heterocycles. The maximum atomic E-state index is 12.3. The molecule has 1 aliphatic rings. The molecule has 0 radical (unpaired) electrons. The van der Waals surface area contributed by atoms with Crippen molar-refractivity contribution in [1.29, 1.82) is 0 Å². The molecule has 0 aliphatic carbocycles. The smallest absolute Gasteiger partial charge is 0.317 e. The van der Waals surface area contributed by atoms with Gasteiger partial charge in [0.25, 0.3) is 0 Å². The van der Waals surface area contributed by atoms with E-state index in [1.807, 2.05) is 4.90 Å². The molecule has 8 heteroatoms. The van der Waals surface area contributed by atoms with Crippen molar-refractivity contribution in [3.63, 3.8) is 0 Å². The number of carbonyl (C=O) groups is 2. The Morgan fingerprint density at radius 3 is 2.89 bits per heavy atom. The highest BCUT2D eigenvalue weighted by Gasteiger charge is 2.24. The van der Waals surface area contributed by atoms with E-state index in [-0.39, 0.29) is 11.9 Å². The first-order valence-electron chi connectivity index (χ1n) is 9.18. The van der Waals surface area contributed by atoms with Crippen molar-refractivity contribution in [1.82, 2.24) is 10.2 Å². The van der Waals surface area contributed by atoms with Crippen LogP contribution in [0.15, 0.2) is 18.2 Å². The molecule has 1 heterocycles. The summed E-state index contributed by atoms with van der Waals surface area (Å²) >= 11 is 5.99. The lowest BCUT2D eigenvalue weighted by Crippen LogP contribution is -2.46. The molecule has 0 bridgehead atoms. The molecule has 3 amide bonds. The number of nitrogens with zero attached hydrogens (tertiary/aromatic N) is 1. The van der Waals surface area contributed by atoms with Gasteiger partial charge < -0.3 is 25.0 Å². The van der Waals surface area contributed by atoms with Crippen LogP contribution in [0.25, 0.3) is 0 Å². The summed E-state index contributed by atoms with van der Waals surface area (Å²) in [6, 6.07) is 5.04. The zero-order valence-corrected chi connectivity index (χ0v) is 16.7. The molecule has 0 saturated carbocycles. The van der Waals surface area contributed by atoms with Crippen LogP contribution in [0.4, 0.5) is 10.5 Å². The maximum Gasteiger partial charge on any atom is 0.317 e. The first-order valence-corrected chi connectivity index (χ1v) is 9.56. The van der Waals surface area contributed by atoms with E-state index in [2.05, 4.69) is 10.6 Å². The van der Waals surface area contributed by atoms with E-state index in [0.717, 1.165) is 25.8 Å². The Labute approximate surface area is 165 Å². The molecule has 1 aliphatic heterocycles. The lowest BCUT2D eigenvalue weighted by atomic mass is 9.93. The molecule has 2 N–H and O–H groups in total. The van der Waals surface area contributed by atoms with Crippen LogP contribution in [0.5, 0.6) is 5.75 Å². The number of rotatable bonds is 8. The number of piperidine rings is 1. The molecule has 27 heavy (non-hydrogen) atoms. The van der Waals surface area contributed by atoms with Gasteiger partial charge in [-0.2, -0.15) is 0 Å². The van der Waals surface area contributed by atoms with E-state index < -0.39 is 0 Å². The van der Waals surface area contributed by atoms with Crippen molar-refractivity contribution >= 4 is 29.2 Å². The van der Waals surface area contributed by atoms with E-state index in [1.54, 1.807) is 32.4 Å². The summed E-state index contributed by atoms with van der Waals surface area (Å²) in [5.74, 6) is 0.806. The SMILES string of the molecule is COCCNC(=O)N1CCC[C@@H](CCC(=O)Nc2cc(Cl)ccc2OC)C1. The first-order chi connectivity index (χ1) is 13.0. The number of hydrogen-bond donors (Lipinski definition) is 2. The van der Waals surface area contributed by atoms with Gasteiger partial charge in [-0.1, -0.05) is 11.6 Å². The van der Waals surface area contributed by atoms with Crippen LogP contribution >= 0.6 is 11.6 Å². The summed E-state index contributed by atoms with van der Waals surface area (Å²) in [6.45, 7) is 2.42. The van der Waals surface area contributed by atoms with Crippen molar-refractivity contribution < 1.29 is 19.1 Å². The zero-order chi connectivity index (χ0) is 19.6. The molecule has 1 aromatic rings. The second-order valence-electron chi connectivity index (χ2n) is 6.61. The van der Waals surface area contributed by atoms with Gasteiger partial charge in [0.05, 0.1) is 19.4 Å². The van der Waals surface area contributed by atoms with Crippen LogP contribution in [-0.2, 0) is 9.53 Å². The van der Waals surface area contributed by atoms with E-state index in [1.165, 1.54) is 0 Å². The van der Waals surface area contributed by atoms with Gasteiger partial charge in [0.15, 0.2) is 0 Å². The number of urea groups is 1. The Morgan fingerprint density at radius 2 is 2.15 bits per heavy atom. The minimum absolute atomic E-state index is 0.0649. The number of halogens is 1. The lowest BCUT2D eigenvalue weighted by molar-refractivity contribution is -0.116. The second kappa shape index (κ2) is 11.0. The molecule has 1 fully saturated rings. The monoisotopic (exact) mass is 397 g/mol. The number of anilines is 1. The summed E-state index contributed by atoms with van der Waals surface area (Å²) < 4.78 is 10.2. The quantitative estimate of drug-likeness (QED) is 0.660. The van der Waals surface area contributed by atoms with E-state index >= 15 is 0 Å². The first kappa shape index (κ1) is 21.3. The van der Waals surface area contributed by atoms with Crippen LogP contribution in [0, 0.1) is 5.92 Å². The summed E-state index contributed by atoms with van der Waals surface area (Å²) in [5, 5.41) is 6.24. The van der Waals surface area contributed by atoms with Crippen molar-refractivity contribution in [2.45, 2.75) is 25.7 Å². The summed E-state index contributed by atoms with van der Waals surface area (Å²) in [6.07, 6.45) is 3.09. The molecule has 1 aromatic carbocycles. The van der Waals surface area contributed by atoms with Gasteiger partial charge in [-0.25, -0.2) is 4.79 Å². The van der Waals surface area contributed by atoms with E-state index in [0.29, 0.717) is 48.5 Å². The molecular weight excluding hydrogens is 370 g/mol. The Bertz CT molecular complexity index is 641. The average Bonchev–Trinajstić information content (AvgIpc) is 2.67. The molecule has 2 rings (SSSR count). The minimum Gasteiger partial charge on any atom is -0.495 e. The highest BCUT2D eigenvalue weighted by atomic mass is 35.5. The molecule has 150 valence electrons. The third-order valence-corrected chi connectivity index (χ3v) is 4.84. The van der Waals surface area contributed by atoms with Crippen molar-refractivity contribution in [3.05, 3.63) is 23.2 Å². The average molecular weight is 398 g/mol.